The van der Waals surface area contributed by atoms with E-state index in [-0.39, 0.29) is 28.6 Å². The number of aromatic nitrogens is 1. The van der Waals surface area contributed by atoms with Gasteiger partial charge >= 0.3 is 0 Å². The van der Waals surface area contributed by atoms with Crippen LogP contribution in [-0.4, -0.2) is 63.6 Å². The summed E-state index contributed by atoms with van der Waals surface area (Å²) in [6.07, 6.45) is 12.0. The van der Waals surface area contributed by atoms with E-state index in [0.29, 0.717) is 11.8 Å². The van der Waals surface area contributed by atoms with Crippen LogP contribution in [0.1, 0.15) is 63.4 Å². The molecule has 3 heterocycles. The Hall–Kier alpha value is -1.79. The molecule has 2 N–H and O–H groups in total. The van der Waals surface area contributed by atoms with Gasteiger partial charge in [0.1, 0.15) is 0 Å². The molecular formula is C30H38N2O3. The Morgan fingerprint density at radius 2 is 1.91 bits per heavy atom. The minimum absolute atomic E-state index is 0.00915. The van der Waals surface area contributed by atoms with Gasteiger partial charge < -0.3 is 19.8 Å². The highest BCUT2D eigenvalue weighted by Gasteiger charge is 2.70. The van der Waals surface area contributed by atoms with E-state index in [0.717, 1.165) is 32.1 Å². The molecule has 2 saturated carbocycles. The van der Waals surface area contributed by atoms with Crippen LogP contribution in [0.5, 0.6) is 0 Å². The van der Waals surface area contributed by atoms with Gasteiger partial charge in [-0.2, -0.15) is 0 Å². The van der Waals surface area contributed by atoms with Crippen LogP contribution in [0.25, 0.3) is 10.8 Å². The predicted octanol–water partition coefficient (Wildman–Crippen LogP) is 4.43. The summed E-state index contributed by atoms with van der Waals surface area (Å²) >= 11 is 0. The highest BCUT2D eigenvalue weighted by molar-refractivity contribution is 5.82. The predicted molar refractivity (Wildman–Crippen MR) is 136 cm³/mol. The van der Waals surface area contributed by atoms with Crippen molar-refractivity contribution in [3.05, 3.63) is 53.9 Å². The number of benzene rings is 1. The van der Waals surface area contributed by atoms with Crippen LogP contribution >= 0.6 is 0 Å². The largest absolute Gasteiger partial charge is 0.390 e. The number of allylic oxidation sites excluding steroid dienone is 1. The van der Waals surface area contributed by atoms with Crippen LogP contribution in [0, 0.1) is 17.3 Å². The van der Waals surface area contributed by atoms with Gasteiger partial charge in [-0.15, -0.1) is 0 Å². The van der Waals surface area contributed by atoms with E-state index in [9.17, 15) is 10.2 Å². The maximum Gasteiger partial charge on any atom is 0.0958 e. The number of fused-ring (bicyclic) bond motifs is 2. The number of rotatable bonds is 2. The molecule has 1 aromatic carbocycles. The molecule has 2 aromatic rings. The third-order valence-corrected chi connectivity index (χ3v) is 11.1. The van der Waals surface area contributed by atoms with Crippen LogP contribution in [0.4, 0.5) is 0 Å². The first-order valence-electron chi connectivity index (χ1n) is 13.5. The Labute approximate surface area is 208 Å². The summed E-state index contributed by atoms with van der Waals surface area (Å²) in [6.45, 7) is 2.51. The highest BCUT2D eigenvalue weighted by Crippen LogP contribution is 2.70. The molecule has 1 aromatic heterocycles. The molecule has 2 aliphatic heterocycles. The van der Waals surface area contributed by atoms with Crippen LogP contribution in [0.3, 0.4) is 0 Å². The van der Waals surface area contributed by atoms with E-state index in [1.165, 1.54) is 34.8 Å². The summed E-state index contributed by atoms with van der Waals surface area (Å²) in [7, 11) is 4.02. The average molecular weight is 475 g/mol. The van der Waals surface area contributed by atoms with Gasteiger partial charge in [-0.05, 0) is 105 Å². The standard InChI is InChI=1S/C30H38N2O3/c1-28-10-8-21-15-23-26(33)27(34)24(32(2)3)16-29(23)11-12-30(21,35-29)25(28)7-6-22(28)19-5-4-18-9-13-31-17-20(18)14-19/h4-5,8-9,13-14,17,22-27,33-34H,6-7,10-12,15-16H2,1-3H3. The maximum atomic E-state index is 11.2. The summed E-state index contributed by atoms with van der Waals surface area (Å²) in [5, 5.41) is 24.6. The second-order valence-corrected chi connectivity index (χ2v) is 12.7. The lowest BCUT2D eigenvalue weighted by Gasteiger charge is -2.59. The number of pyridine rings is 1. The Balaban J connectivity index is 1.26. The second-order valence-electron chi connectivity index (χ2n) is 12.7. The molecule has 3 aliphatic carbocycles. The molecule has 2 spiro atoms. The first-order valence-corrected chi connectivity index (χ1v) is 13.5. The van der Waals surface area contributed by atoms with E-state index in [2.05, 4.69) is 47.1 Å². The second kappa shape index (κ2) is 7.38. The third-order valence-electron chi connectivity index (χ3n) is 11.1. The van der Waals surface area contributed by atoms with Crippen molar-refractivity contribution in [2.75, 3.05) is 14.1 Å². The van der Waals surface area contributed by atoms with Crippen molar-refractivity contribution in [3.8, 4) is 0 Å². The van der Waals surface area contributed by atoms with E-state index in [1.54, 1.807) is 0 Å². The Morgan fingerprint density at radius 1 is 1.06 bits per heavy atom. The van der Waals surface area contributed by atoms with Crippen molar-refractivity contribution >= 4 is 10.8 Å². The highest BCUT2D eigenvalue weighted by atomic mass is 16.5. The number of hydrogen-bond donors (Lipinski definition) is 2. The van der Waals surface area contributed by atoms with Gasteiger partial charge in [0, 0.05) is 29.7 Å². The molecule has 0 amide bonds. The SMILES string of the molecule is CN(C)C1CC23CCC4(O2)C(=CCC2(C)C(c5ccc6ccncc6c5)CCC42)CC3C(O)C1O. The minimum Gasteiger partial charge on any atom is -0.390 e. The zero-order valence-electron chi connectivity index (χ0n) is 21.2. The van der Waals surface area contributed by atoms with Crippen LogP contribution in [-0.2, 0) is 4.74 Å². The van der Waals surface area contributed by atoms with Crippen molar-refractivity contribution in [2.24, 2.45) is 17.3 Å². The number of aliphatic hydroxyl groups is 2. The van der Waals surface area contributed by atoms with Gasteiger partial charge in [-0.25, -0.2) is 0 Å². The lowest BCUT2D eigenvalue weighted by atomic mass is 9.56. The molecule has 5 aliphatic rings. The summed E-state index contributed by atoms with van der Waals surface area (Å²) in [6, 6.07) is 8.99. The van der Waals surface area contributed by atoms with Crippen LogP contribution < -0.4 is 0 Å². The third kappa shape index (κ3) is 2.87. The van der Waals surface area contributed by atoms with Gasteiger partial charge in [-0.1, -0.05) is 25.1 Å². The fourth-order valence-corrected chi connectivity index (χ4v) is 9.32. The topological polar surface area (TPSA) is 65.8 Å². The van der Waals surface area contributed by atoms with Gasteiger partial charge in [0.15, 0.2) is 0 Å². The van der Waals surface area contributed by atoms with Crippen molar-refractivity contribution < 1.29 is 14.9 Å². The quantitative estimate of drug-likeness (QED) is 0.631. The summed E-state index contributed by atoms with van der Waals surface area (Å²) in [5.74, 6) is 0.993. The molecule has 35 heavy (non-hydrogen) atoms. The van der Waals surface area contributed by atoms with Gasteiger partial charge in [0.2, 0.25) is 0 Å². The normalized spacial score (nSPS) is 46.3. The lowest BCUT2D eigenvalue weighted by Crippen LogP contribution is -2.66. The monoisotopic (exact) mass is 474 g/mol. The molecule has 4 fully saturated rings. The molecule has 2 saturated heterocycles. The van der Waals surface area contributed by atoms with E-state index in [4.69, 9.17) is 4.74 Å². The van der Waals surface area contributed by atoms with Crippen LogP contribution in [0.2, 0.25) is 0 Å². The molecule has 9 unspecified atom stereocenters. The Morgan fingerprint density at radius 3 is 2.74 bits per heavy atom. The molecule has 5 heteroatoms. The fraction of sp³-hybridized carbons (Fsp3) is 0.633. The number of hydrogen-bond acceptors (Lipinski definition) is 5. The fourth-order valence-electron chi connectivity index (χ4n) is 9.32. The van der Waals surface area contributed by atoms with Gasteiger partial charge in [-0.3, -0.25) is 4.98 Å². The van der Waals surface area contributed by atoms with E-state index < -0.39 is 12.2 Å². The first kappa shape index (κ1) is 22.4. The summed E-state index contributed by atoms with van der Waals surface area (Å²) < 4.78 is 7.34. The number of aliphatic hydroxyl groups excluding tert-OH is 2. The lowest BCUT2D eigenvalue weighted by molar-refractivity contribution is -0.239. The number of likely N-dealkylation sites (N-methyl/N-ethyl adjacent to an activating group) is 1. The number of nitrogens with zero attached hydrogens (tertiary/aromatic N) is 2. The first-order chi connectivity index (χ1) is 16.8. The molecule has 5 nitrogen and oxygen atoms in total. The molecule has 0 radical (unpaired) electrons. The molecular weight excluding hydrogens is 436 g/mol. The summed E-state index contributed by atoms with van der Waals surface area (Å²) in [5.41, 5.74) is 2.49. The van der Waals surface area contributed by atoms with Crippen molar-refractivity contribution in [2.45, 2.75) is 87.2 Å². The van der Waals surface area contributed by atoms with Crippen molar-refractivity contribution in [1.82, 2.24) is 9.88 Å². The zero-order valence-corrected chi connectivity index (χ0v) is 21.2. The van der Waals surface area contributed by atoms with Gasteiger partial charge in [0.25, 0.3) is 0 Å². The molecule has 186 valence electrons. The number of ether oxygens (including phenoxy) is 1. The van der Waals surface area contributed by atoms with Crippen molar-refractivity contribution in [1.29, 1.82) is 0 Å². The van der Waals surface area contributed by atoms with E-state index >= 15 is 0 Å². The van der Waals surface area contributed by atoms with Crippen molar-refractivity contribution in [3.63, 3.8) is 0 Å². The van der Waals surface area contributed by atoms with E-state index in [1.807, 2.05) is 26.5 Å². The molecule has 2 bridgehead atoms. The smallest absolute Gasteiger partial charge is 0.0958 e. The Kier molecular flexibility index (Phi) is 4.72. The van der Waals surface area contributed by atoms with Crippen LogP contribution in [0.15, 0.2) is 48.3 Å². The summed E-state index contributed by atoms with van der Waals surface area (Å²) in [4.78, 5) is 6.43. The average Bonchev–Trinajstić information content (AvgIpc) is 3.37. The Bertz CT molecular complexity index is 1210. The minimum atomic E-state index is -0.732. The van der Waals surface area contributed by atoms with Gasteiger partial charge in [0.05, 0.1) is 23.4 Å². The zero-order chi connectivity index (χ0) is 24.2. The maximum absolute atomic E-state index is 11.2. The molecule has 9 atom stereocenters. The molecule has 7 rings (SSSR count).